The SMILES string of the molecule is CC(NCC1CCCCC1CO)C1CCCCC1. The molecule has 2 aliphatic rings. The number of rotatable bonds is 5. The second-order valence-corrected chi connectivity index (χ2v) is 6.58. The molecule has 0 radical (unpaired) electrons. The highest BCUT2D eigenvalue weighted by molar-refractivity contribution is 4.80. The zero-order valence-corrected chi connectivity index (χ0v) is 12.0. The Balaban J connectivity index is 1.71. The van der Waals surface area contributed by atoms with Crippen LogP contribution in [-0.4, -0.2) is 24.3 Å². The van der Waals surface area contributed by atoms with E-state index in [1.54, 1.807) is 0 Å². The fourth-order valence-corrected chi connectivity index (χ4v) is 3.93. The second-order valence-electron chi connectivity index (χ2n) is 6.58. The number of hydrogen-bond donors (Lipinski definition) is 2. The molecule has 2 N–H and O–H groups in total. The minimum Gasteiger partial charge on any atom is -0.396 e. The van der Waals surface area contributed by atoms with E-state index in [9.17, 15) is 5.11 Å². The Morgan fingerprint density at radius 3 is 2.22 bits per heavy atom. The predicted molar refractivity (Wildman–Crippen MR) is 76.6 cm³/mol. The monoisotopic (exact) mass is 253 g/mol. The molecule has 18 heavy (non-hydrogen) atoms. The van der Waals surface area contributed by atoms with Crippen molar-refractivity contribution in [3.05, 3.63) is 0 Å². The number of nitrogens with one attached hydrogen (secondary N) is 1. The molecule has 0 spiro atoms. The Hall–Kier alpha value is -0.0800. The number of hydrogen-bond acceptors (Lipinski definition) is 2. The molecule has 0 aromatic rings. The first-order valence-electron chi connectivity index (χ1n) is 8.15. The van der Waals surface area contributed by atoms with Crippen molar-refractivity contribution < 1.29 is 5.11 Å². The lowest BCUT2D eigenvalue weighted by Crippen LogP contribution is -2.40. The van der Waals surface area contributed by atoms with Crippen LogP contribution in [0.1, 0.15) is 64.7 Å². The predicted octanol–water partition coefficient (Wildman–Crippen LogP) is 3.34. The zero-order chi connectivity index (χ0) is 12.8. The minimum atomic E-state index is 0.393. The van der Waals surface area contributed by atoms with Crippen LogP contribution in [0.4, 0.5) is 0 Å². The van der Waals surface area contributed by atoms with Gasteiger partial charge >= 0.3 is 0 Å². The topological polar surface area (TPSA) is 32.3 Å². The fraction of sp³-hybridized carbons (Fsp3) is 1.00. The smallest absolute Gasteiger partial charge is 0.0462 e. The molecular formula is C16H31NO. The van der Waals surface area contributed by atoms with Crippen LogP contribution in [-0.2, 0) is 0 Å². The largest absolute Gasteiger partial charge is 0.396 e. The zero-order valence-electron chi connectivity index (χ0n) is 12.0. The van der Waals surface area contributed by atoms with Gasteiger partial charge < -0.3 is 10.4 Å². The molecule has 2 saturated carbocycles. The molecule has 0 saturated heterocycles. The molecule has 106 valence electrons. The Morgan fingerprint density at radius 1 is 0.944 bits per heavy atom. The molecule has 2 rings (SSSR count). The van der Waals surface area contributed by atoms with Gasteiger partial charge in [-0.15, -0.1) is 0 Å². The van der Waals surface area contributed by atoms with Crippen LogP contribution in [0.2, 0.25) is 0 Å². The van der Waals surface area contributed by atoms with Crippen LogP contribution in [0.15, 0.2) is 0 Å². The third kappa shape index (κ3) is 3.96. The van der Waals surface area contributed by atoms with Gasteiger partial charge in [0, 0.05) is 12.6 Å². The van der Waals surface area contributed by atoms with Gasteiger partial charge in [-0.3, -0.25) is 0 Å². The van der Waals surface area contributed by atoms with Crippen molar-refractivity contribution in [3.63, 3.8) is 0 Å². The second kappa shape index (κ2) is 7.49. The Bertz CT molecular complexity index is 225. The van der Waals surface area contributed by atoms with E-state index in [2.05, 4.69) is 12.2 Å². The van der Waals surface area contributed by atoms with Crippen LogP contribution in [0.5, 0.6) is 0 Å². The van der Waals surface area contributed by atoms with Crippen molar-refractivity contribution in [1.29, 1.82) is 0 Å². The van der Waals surface area contributed by atoms with Gasteiger partial charge in [0.2, 0.25) is 0 Å². The molecule has 0 aromatic carbocycles. The van der Waals surface area contributed by atoms with Crippen molar-refractivity contribution >= 4 is 0 Å². The summed E-state index contributed by atoms with van der Waals surface area (Å²) in [5, 5.41) is 13.2. The van der Waals surface area contributed by atoms with E-state index < -0.39 is 0 Å². The van der Waals surface area contributed by atoms with Gasteiger partial charge in [-0.2, -0.15) is 0 Å². The summed E-state index contributed by atoms with van der Waals surface area (Å²) >= 11 is 0. The van der Waals surface area contributed by atoms with Gasteiger partial charge in [0.05, 0.1) is 0 Å². The molecule has 3 atom stereocenters. The van der Waals surface area contributed by atoms with Gasteiger partial charge in [0.1, 0.15) is 0 Å². The first kappa shape index (κ1) is 14.3. The summed E-state index contributed by atoms with van der Waals surface area (Å²) < 4.78 is 0. The Kier molecular flexibility index (Phi) is 5.97. The van der Waals surface area contributed by atoms with Gasteiger partial charge in [-0.05, 0) is 56.9 Å². The third-order valence-electron chi connectivity index (χ3n) is 5.36. The molecule has 0 aliphatic heterocycles. The lowest BCUT2D eigenvalue weighted by atomic mass is 9.79. The van der Waals surface area contributed by atoms with E-state index in [0.29, 0.717) is 18.6 Å². The summed E-state index contributed by atoms with van der Waals surface area (Å²) in [6.07, 6.45) is 12.4. The van der Waals surface area contributed by atoms with Crippen molar-refractivity contribution in [3.8, 4) is 0 Å². The summed E-state index contributed by atoms with van der Waals surface area (Å²) in [5.74, 6) is 2.18. The lowest BCUT2D eigenvalue weighted by Gasteiger charge is -2.34. The Labute approximate surface area is 113 Å². The molecule has 2 heteroatoms. The van der Waals surface area contributed by atoms with Crippen molar-refractivity contribution in [2.24, 2.45) is 17.8 Å². The van der Waals surface area contributed by atoms with E-state index in [1.165, 1.54) is 57.8 Å². The molecular weight excluding hydrogens is 222 g/mol. The fourth-order valence-electron chi connectivity index (χ4n) is 3.93. The van der Waals surface area contributed by atoms with Crippen molar-refractivity contribution in [2.75, 3.05) is 13.2 Å². The van der Waals surface area contributed by atoms with Gasteiger partial charge in [-0.1, -0.05) is 32.1 Å². The summed E-state index contributed by atoms with van der Waals surface area (Å²) in [5.41, 5.74) is 0. The lowest BCUT2D eigenvalue weighted by molar-refractivity contribution is 0.128. The molecule has 0 heterocycles. The van der Waals surface area contributed by atoms with Crippen LogP contribution in [0.3, 0.4) is 0 Å². The summed E-state index contributed by atoms with van der Waals surface area (Å²) in [6, 6.07) is 0.673. The maximum atomic E-state index is 9.45. The first-order valence-corrected chi connectivity index (χ1v) is 8.15. The third-order valence-corrected chi connectivity index (χ3v) is 5.36. The summed E-state index contributed by atoms with van der Waals surface area (Å²) in [4.78, 5) is 0. The maximum absolute atomic E-state index is 9.45. The van der Waals surface area contributed by atoms with E-state index in [1.807, 2.05) is 0 Å². The molecule has 2 fully saturated rings. The summed E-state index contributed by atoms with van der Waals surface area (Å²) in [6.45, 7) is 3.89. The molecule has 0 bridgehead atoms. The molecule has 3 unspecified atom stereocenters. The molecule has 0 aromatic heterocycles. The summed E-state index contributed by atoms with van der Waals surface area (Å²) in [7, 11) is 0. The van der Waals surface area contributed by atoms with E-state index >= 15 is 0 Å². The van der Waals surface area contributed by atoms with Gasteiger partial charge in [0.15, 0.2) is 0 Å². The normalized spacial score (nSPS) is 32.3. The van der Waals surface area contributed by atoms with Crippen molar-refractivity contribution in [1.82, 2.24) is 5.32 Å². The van der Waals surface area contributed by atoms with E-state index in [4.69, 9.17) is 0 Å². The average Bonchev–Trinajstić information content (AvgIpc) is 2.46. The molecule has 2 nitrogen and oxygen atoms in total. The van der Waals surface area contributed by atoms with Crippen LogP contribution in [0.25, 0.3) is 0 Å². The van der Waals surface area contributed by atoms with Crippen molar-refractivity contribution in [2.45, 2.75) is 70.8 Å². The van der Waals surface area contributed by atoms with Crippen LogP contribution < -0.4 is 5.32 Å². The van der Waals surface area contributed by atoms with E-state index in [0.717, 1.165) is 18.4 Å². The highest BCUT2D eigenvalue weighted by Gasteiger charge is 2.26. The quantitative estimate of drug-likeness (QED) is 0.787. The number of aliphatic hydroxyl groups is 1. The highest BCUT2D eigenvalue weighted by atomic mass is 16.3. The minimum absolute atomic E-state index is 0.393. The number of aliphatic hydroxyl groups excluding tert-OH is 1. The first-order chi connectivity index (χ1) is 8.81. The van der Waals surface area contributed by atoms with E-state index in [-0.39, 0.29) is 0 Å². The average molecular weight is 253 g/mol. The maximum Gasteiger partial charge on any atom is 0.0462 e. The van der Waals surface area contributed by atoms with Gasteiger partial charge in [0.25, 0.3) is 0 Å². The highest BCUT2D eigenvalue weighted by Crippen LogP contribution is 2.30. The Morgan fingerprint density at radius 2 is 1.56 bits per heavy atom. The molecule has 2 aliphatic carbocycles. The van der Waals surface area contributed by atoms with Crippen LogP contribution >= 0.6 is 0 Å². The van der Waals surface area contributed by atoms with Gasteiger partial charge in [-0.25, -0.2) is 0 Å². The molecule has 0 amide bonds. The van der Waals surface area contributed by atoms with Crippen LogP contribution in [0, 0.1) is 17.8 Å². The standard InChI is InChI=1S/C16H31NO/c1-13(14-7-3-2-4-8-14)17-11-15-9-5-6-10-16(15)12-18/h13-18H,2-12H2,1H3.